The van der Waals surface area contributed by atoms with Crippen LogP contribution < -0.4 is 5.32 Å². The summed E-state index contributed by atoms with van der Waals surface area (Å²) in [6, 6.07) is 2.35. The van der Waals surface area contributed by atoms with Crippen molar-refractivity contribution in [3.63, 3.8) is 0 Å². The van der Waals surface area contributed by atoms with Crippen LogP contribution in [0.1, 0.15) is 32.6 Å². The van der Waals surface area contributed by atoms with Gasteiger partial charge in [-0.25, -0.2) is 4.79 Å². The molecule has 1 N–H and O–H groups in total. The molecule has 0 aromatic carbocycles. The first-order valence-corrected chi connectivity index (χ1v) is 5.05. The third-order valence-corrected chi connectivity index (χ3v) is 2.80. The Labute approximate surface area is 84.9 Å². The zero-order chi connectivity index (χ0) is 10.6. The summed E-state index contributed by atoms with van der Waals surface area (Å²) in [7, 11) is 1.73. The summed E-state index contributed by atoms with van der Waals surface area (Å²) in [6.45, 7) is 1.88. The molecule has 1 fully saturated rings. The van der Waals surface area contributed by atoms with Gasteiger partial charge in [-0.05, 0) is 26.2 Å². The Hall–Kier alpha value is -1.24. The molecule has 0 spiro atoms. The van der Waals surface area contributed by atoms with E-state index in [0.717, 1.165) is 12.8 Å². The van der Waals surface area contributed by atoms with Crippen LogP contribution in [0.2, 0.25) is 0 Å². The summed E-state index contributed by atoms with van der Waals surface area (Å²) in [5, 5.41) is 11.4. The van der Waals surface area contributed by atoms with Crippen molar-refractivity contribution in [3.05, 3.63) is 0 Å². The molecule has 1 saturated carbocycles. The summed E-state index contributed by atoms with van der Waals surface area (Å²) in [5.41, 5.74) is 0. The van der Waals surface area contributed by atoms with E-state index in [1.165, 1.54) is 6.42 Å². The smallest absolute Gasteiger partial charge is 0.317 e. The standard InChI is InChI=1S/C10H17N3O/c1-8(6-7-11)13(2)10(14)12-9-4-3-5-9/h8-9H,3-6H2,1-2H3,(H,12,14). The lowest BCUT2D eigenvalue weighted by atomic mass is 9.93. The van der Waals surface area contributed by atoms with Crippen LogP contribution in [-0.2, 0) is 0 Å². The zero-order valence-electron chi connectivity index (χ0n) is 8.79. The Bertz CT molecular complexity index is 242. The van der Waals surface area contributed by atoms with Crippen LogP contribution in [0.25, 0.3) is 0 Å². The second-order valence-corrected chi connectivity index (χ2v) is 3.90. The molecule has 4 heteroatoms. The molecule has 0 heterocycles. The fourth-order valence-corrected chi connectivity index (χ4v) is 1.30. The quantitative estimate of drug-likeness (QED) is 0.741. The largest absolute Gasteiger partial charge is 0.335 e. The Morgan fingerprint density at radius 3 is 2.79 bits per heavy atom. The lowest BCUT2D eigenvalue weighted by Gasteiger charge is -2.30. The number of amides is 2. The first kappa shape index (κ1) is 10.8. The van der Waals surface area contributed by atoms with E-state index in [1.807, 2.05) is 6.92 Å². The number of nitriles is 1. The molecule has 1 aliphatic carbocycles. The first-order chi connectivity index (χ1) is 6.65. The minimum atomic E-state index is -0.0579. The van der Waals surface area contributed by atoms with Gasteiger partial charge < -0.3 is 10.2 Å². The van der Waals surface area contributed by atoms with Crippen LogP contribution in [0.3, 0.4) is 0 Å². The summed E-state index contributed by atoms with van der Waals surface area (Å²) in [5.74, 6) is 0. The van der Waals surface area contributed by atoms with E-state index in [0.29, 0.717) is 12.5 Å². The second kappa shape index (κ2) is 4.85. The van der Waals surface area contributed by atoms with Gasteiger partial charge in [0.2, 0.25) is 0 Å². The van der Waals surface area contributed by atoms with Gasteiger partial charge in [-0.1, -0.05) is 0 Å². The number of nitrogens with zero attached hydrogens (tertiary/aromatic N) is 2. The van der Waals surface area contributed by atoms with Gasteiger partial charge in [0.05, 0.1) is 12.5 Å². The normalized spacial score (nSPS) is 17.8. The lowest BCUT2D eigenvalue weighted by Crippen LogP contribution is -2.48. The van der Waals surface area contributed by atoms with E-state index < -0.39 is 0 Å². The molecule has 1 aliphatic rings. The molecule has 4 nitrogen and oxygen atoms in total. The molecule has 0 aromatic heterocycles. The average molecular weight is 195 g/mol. The second-order valence-electron chi connectivity index (χ2n) is 3.90. The molecule has 0 radical (unpaired) electrons. The highest BCUT2D eigenvalue weighted by atomic mass is 16.2. The number of hydrogen-bond donors (Lipinski definition) is 1. The highest BCUT2D eigenvalue weighted by Gasteiger charge is 2.22. The third-order valence-electron chi connectivity index (χ3n) is 2.80. The monoisotopic (exact) mass is 195 g/mol. The van der Waals surface area contributed by atoms with E-state index in [9.17, 15) is 4.79 Å². The number of carbonyl (C=O) groups is 1. The maximum atomic E-state index is 11.6. The molecule has 2 amide bonds. The Morgan fingerprint density at radius 1 is 1.71 bits per heavy atom. The van der Waals surface area contributed by atoms with Gasteiger partial charge >= 0.3 is 6.03 Å². The zero-order valence-corrected chi connectivity index (χ0v) is 8.79. The van der Waals surface area contributed by atoms with Crippen LogP contribution in [0.15, 0.2) is 0 Å². The van der Waals surface area contributed by atoms with Gasteiger partial charge in [0, 0.05) is 19.1 Å². The minimum absolute atomic E-state index is 0.0138. The minimum Gasteiger partial charge on any atom is -0.335 e. The maximum absolute atomic E-state index is 11.6. The highest BCUT2D eigenvalue weighted by molar-refractivity contribution is 5.74. The van der Waals surface area contributed by atoms with E-state index in [-0.39, 0.29) is 12.1 Å². The van der Waals surface area contributed by atoms with Crippen molar-refractivity contribution >= 4 is 6.03 Å². The molecule has 78 valence electrons. The molecule has 0 saturated heterocycles. The van der Waals surface area contributed by atoms with Gasteiger partial charge in [0.25, 0.3) is 0 Å². The van der Waals surface area contributed by atoms with Crippen molar-refractivity contribution in [1.82, 2.24) is 10.2 Å². The average Bonchev–Trinajstić information content (AvgIpc) is 2.10. The number of rotatable bonds is 3. The van der Waals surface area contributed by atoms with Crippen molar-refractivity contribution in [1.29, 1.82) is 5.26 Å². The molecule has 14 heavy (non-hydrogen) atoms. The summed E-state index contributed by atoms with van der Waals surface area (Å²) >= 11 is 0. The van der Waals surface area contributed by atoms with Crippen molar-refractivity contribution < 1.29 is 4.79 Å². The van der Waals surface area contributed by atoms with Crippen molar-refractivity contribution in [2.45, 2.75) is 44.7 Å². The van der Waals surface area contributed by atoms with E-state index in [1.54, 1.807) is 11.9 Å². The fraction of sp³-hybridized carbons (Fsp3) is 0.800. The topological polar surface area (TPSA) is 56.1 Å². The lowest BCUT2D eigenvalue weighted by molar-refractivity contribution is 0.183. The summed E-state index contributed by atoms with van der Waals surface area (Å²) in [4.78, 5) is 13.2. The Morgan fingerprint density at radius 2 is 2.36 bits per heavy atom. The van der Waals surface area contributed by atoms with Crippen molar-refractivity contribution in [3.8, 4) is 6.07 Å². The number of hydrogen-bond acceptors (Lipinski definition) is 2. The molecule has 0 aliphatic heterocycles. The Kier molecular flexibility index (Phi) is 3.75. The molecule has 1 atom stereocenters. The third kappa shape index (κ3) is 2.63. The van der Waals surface area contributed by atoms with Crippen LogP contribution in [0.5, 0.6) is 0 Å². The number of carbonyl (C=O) groups excluding carboxylic acids is 1. The fourth-order valence-electron chi connectivity index (χ4n) is 1.30. The van der Waals surface area contributed by atoms with Crippen LogP contribution >= 0.6 is 0 Å². The van der Waals surface area contributed by atoms with E-state index in [2.05, 4.69) is 11.4 Å². The van der Waals surface area contributed by atoms with Crippen LogP contribution in [-0.4, -0.2) is 30.1 Å². The van der Waals surface area contributed by atoms with Crippen LogP contribution in [0, 0.1) is 11.3 Å². The van der Waals surface area contributed by atoms with Gasteiger partial charge in [-0.3, -0.25) is 0 Å². The predicted octanol–water partition coefficient (Wildman–Crippen LogP) is 1.48. The predicted molar refractivity (Wildman–Crippen MR) is 53.6 cm³/mol. The highest BCUT2D eigenvalue weighted by Crippen LogP contribution is 2.18. The summed E-state index contributed by atoms with van der Waals surface area (Å²) < 4.78 is 0. The summed E-state index contributed by atoms with van der Waals surface area (Å²) in [6.07, 6.45) is 3.77. The van der Waals surface area contributed by atoms with Gasteiger partial charge in [-0.15, -0.1) is 0 Å². The maximum Gasteiger partial charge on any atom is 0.317 e. The Balaban J connectivity index is 2.31. The first-order valence-electron chi connectivity index (χ1n) is 5.05. The molecular weight excluding hydrogens is 178 g/mol. The molecule has 0 bridgehead atoms. The molecular formula is C10H17N3O. The van der Waals surface area contributed by atoms with Crippen molar-refractivity contribution in [2.75, 3.05) is 7.05 Å². The molecule has 0 aromatic rings. The van der Waals surface area contributed by atoms with E-state index in [4.69, 9.17) is 5.26 Å². The van der Waals surface area contributed by atoms with Gasteiger partial charge in [0.1, 0.15) is 0 Å². The number of urea groups is 1. The van der Waals surface area contributed by atoms with Gasteiger partial charge in [-0.2, -0.15) is 5.26 Å². The van der Waals surface area contributed by atoms with Crippen molar-refractivity contribution in [2.24, 2.45) is 0 Å². The van der Waals surface area contributed by atoms with E-state index >= 15 is 0 Å². The van der Waals surface area contributed by atoms with Crippen LogP contribution in [0.4, 0.5) is 4.79 Å². The molecule has 1 unspecified atom stereocenters. The van der Waals surface area contributed by atoms with Gasteiger partial charge in [0.15, 0.2) is 0 Å². The number of nitrogens with one attached hydrogen (secondary N) is 1. The molecule has 1 rings (SSSR count). The SMILES string of the molecule is CC(CC#N)N(C)C(=O)NC1CCC1.